The van der Waals surface area contributed by atoms with Crippen LogP contribution in [0.2, 0.25) is 0 Å². The average molecular weight is 527 g/mol. The fraction of sp³-hybridized carbons (Fsp3) is 0.160. The lowest BCUT2D eigenvalue weighted by molar-refractivity contribution is 0.0733. The van der Waals surface area contributed by atoms with E-state index in [9.17, 15) is 9.59 Å². The third-order valence-corrected chi connectivity index (χ3v) is 5.08. The first kappa shape index (κ1) is 24.8. The number of ether oxygens (including phenoxy) is 4. The molecular weight excluding hydrogens is 504 g/mol. The Morgan fingerprint density at radius 1 is 0.912 bits per heavy atom. The number of carbonyl (C=O) groups excluding carboxylic acids is 2. The molecule has 0 unspecified atom stereocenters. The molecule has 0 aliphatic heterocycles. The Bertz CT molecular complexity index is 1190. The number of carbonyl (C=O) groups is 2. The molecule has 3 aromatic carbocycles. The van der Waals surface area contributed by atoms with Crippen molar-refractivity contribution in [2.24, 2.45) is 5.10 Å². The van der Waals surface area contributed by atoms with Crippen LogP contribution in [-0.4, -0.2) is 38.9 Å². The van der Waals surface area contributed by atoms with E-state index >= 15 is 0 Å². The molecule has 34 heavy (non-hydrogen) atoms. The molecule has 0 fully saturated rings. The van der Waals surface area contributed by atoms with Crippen molar-refractivity contribution in [3.8, 4) is 23.0 Å². The Kier molecular flexibility index (Phi) is 8.64. The number of esters is 1. The van der Waals surface area contributed by atoms with Crippen LogP contribution in [-0.2, 0) is 0 Å². The van der Waals surface area contributed by atoms with Crippen molar-refractivity contribution in [1.82, 2.24) is 5.43 Å². The number of rotatable bonds is 9. The Balaban J connectivity index is 1.72. The summed E-state index contributed by atoms with van der Waals surface area (Å²) >= 11 is 3.39. The molecule has 9 heteroatoms. The lowest BCUT2D eigenvalue weighted by Gasteiger charge is -2.11. The summed E-state index contributed by atoms with van der Waals surface area (Å²) < 4.78 is 22.1. The largest absolute Gasteiger partial charge is 0.494 e. The molecule has 0 heterocycles. The maximum absolute atomic E-state index is 12.7. The van der Waals surface area contributed by atoms with Gasteiger partial charge in [0.15, 0.2) is 11.5 Å². The lowest BCUT2D eigenvalue weighted by atomic mass is 10.2. The summed E-state index contributed by atoms with van der Waals surface area (Å²) in [4.78, 5) is 25.1. The Labute approximate surface area is 205 Å². The van der Waals surface area contributed by atoms with Crippen LogP contribution >= 0.6 is 15.9 Å². The number of methoxy groups -OCH3 is 2. The van der Waals surface area contributed by atoms with E-state index in [1.807, 2.05) is 6.92 Å². The van der Waals surface area contributed by atoms with Crippen LogP contribution in [0, 0.1) is 0 Å². The minimum atomic E-state index is -0.587. The highest BCUT2D eigenvalue weighted by Crippen LogP contribution is 2.29. The number of hydrogen-bond donors (Lipinski definition) is 1. The SMILES string of the molecule is CCOc1ccc(C(=O)N/N=C/c2cc(Br)ccc2OC(=O)c2ccc(OC)c(OC)c2)cc1. The highest BCUT2D eigenvalue weighted by molar-refractivity contribution is 9.10. The van der Waals surface area contributed by atoms with Gasteiger partial charge in [-0.2, -0.15) is 5.10 Å². The Morgan fingerprint density at radius 2 is 1.59 bits per heavy atom. The maximum atomic E-state index is 12.7. The van der Waals surface area contributed by atoms with Crippen LogP contribution in [0.15, 0.2) is 70.2 Å². The molecule has 0 aromatic heterocycles. The van der Waals surface area contributed by atoms with Crippen molar-refractivity contribution in [1.29, 1.82) is 0 Å². The Morgan fingerprint density at radius 3 is 2.26 bits per heavy atom. The zero-order chi connectivity index (χ0) is 24.5. The first-order chi connectivity index (χ1) is 16.4. The van der Waals surface area contributed by atoms with Gasteiger partial charge in [-0.25, -0.2) is 10.2 Å². The summed E-state index contributed by atoms with van der Waals surface area (Å²) in [6, 6.07) is 16.5. The van der Waals surface area contributed by atoms with E-state index in [-0.39, 0.29) is 11.3 Å². The third-order valence-electron chi connectivity index (χ3n) is 4.59. The van der Waals surface area contributed by atoms with Crippen LogP contribution < -0.4 is 24.4 Å². The van der Waals surface area contributed by atoms with E-state index in [1.54, 1.807) is 54.6 Å². The number of nitrogens with zero attached hydrogens (tertiary/aromatic N) is 1. The number of hydrazone groups is 1. The molecule has 0 saturated heterocycles. The Hall–Kier alpha value is -3.85. The van der Waals surface area contributed by atoms with Gasteiger partial charge in [-0.15, -0.1) is 0 Å². The predicted molar refractivity (Wildman–Crippen MR) is 131 cm³/mol. The van der Waals surface area contributed by atoms with Crippen LogP contribution in [0.3, 0.4) is 0 Å². The number of amides is 1. The van der Waals surface area contributed by atoms with Crippen molar-refractivity contribution in [2.45, 2.75) is 6.92 Å². The van der Waals surface area contributed by atoms with Crippen LogP contribution in [0.1, 0.15) is 33.2 Å². The van der Waals surface area contributed by atoms with Crippen molar-refractivity contribution in [3.05, 3.63) is 81.8 Å². The molecule has 3 rings (SSSR count). The van der Waals surface area contributed by atoms with Crippen LogP contribution in [0.25, 0.3) is 0 Å². The molecule has 0 radical (unpaired) electrons. The van der Waals surface area contributed by atoms with E-state index in [0.29, 0.717) is 35.0 Å². The molecule has 0 bridgehead atoms. The number of halogens is 1. The van der Waals surface area contributed by atoms with Gasteiger partial charge in [-0.3, -0.25) is 4.79 Å². The maximum Gasteiger partial charge on any atom is 0.343 e. The van der Waals surface area contributed by atoms with E-state index in [2.05, 4.69) is 26.5 Å². The van der Waals surface area contributed by atoms with Gasteiger partial charge in [0.2, 0.25) is 0 Å². The number of benzene rings is 3. The summed E-state index contributed by atoms with van der Waals surface area (Å²) in [6.45, 7) is 2.43. The average Bonchev–Trinajstić information content (AvgIpc) is 2.85. The second-order valence-electron chi connectivity index (χ2n) is 6.80. The minimum absolute atomic E-state index is 0.266. The smallest absolute Gasteiger partial charge is 0.343 e. The summed E-state index contributed by atoms with van der Waals surface area (Å²) in [7, 11) is 3.00. The zero-order valence-corrected chi connectivity index (χ0v) is 20.4. The summed E-state index contributed by atoms with van der Waals surface area (Å²) in [5, 5.41) is 4.00. The van der Waals surface area contributed by atoms with Gasteiger partial charge in [-0.05, 0) is 67.6 Å². The zero-order valence-electron chi connectivity index (χ0n) is 18.8. The number of hydrogen-bond acceptors (Lipinski definition) is 7. The van der Waals surface area contributed by atoms with Crippen molar-refractivity contribution >= 4 is 34.0 Å². The van der Waals surface area contributed by atoms with E-state index in [0.717, 1.165) is 4.47 Å². The van der Waals surface area contributed by atoms with Crippen molar-refractivity contribution < 1.29 is 28.5 Å². The normalized spacial score (nSPS) is 10.6. The molecular formula is C25H23BrN2O6. The van der Waals surface area contributed by atoms with Gasteiger partial charge in [0.25, 0.3) is 5.91 Å². The molecule has 1 N–H and O–H groups in total. The summed E-state index contributed by atoms with van der Waals surface area (Å²) in [6.07, 6.45) is 1.40. The first-order valence-corrected chi connectivity index (χ1v) is 11.0. The lowest BCUT2D eigenvalue weighted by Crippen LogP contribution is -2.17. The van der Waals surface area contributed by atoms with Crippen molar-refractivity contribution in [2.75, 3.05) is 20.8 Å². The molecule has 0 spiro atoms. The topological polar surface area (TPSA) is 95.5 Å². The minimum Gasteiger partial charge on any atom is -0.494 e. The fourth-order valence-electron chi connectivity index (χ4n) is 2.93. The molecule has 0 aliphatic rings. The standard InChI is InChI=1S/C25H23BrN2O6/c1-4-33-20-9-5-16(6-10-20)24(29)28-27-15-18-13-19(26)8-12-21(18)34-25(30)17-7-11-22(31-2)23(14-17)32-3/h5-15H,4H2,1-3H3,(H,28,29)/b27-15+. The first-order valence-electron chi connectivity index (χ1n) is 10.2. The van der Waals surface area contributed by atoms with Gasteiger partial charge in [0.05, 0.1) is 32.6 Å². The number of nitrogens with one attached hydrogen (secondary N) is 1. The highest BCUT2D eigenvalue weighted by atomic mass is 79.9. The van der Waals surface area contributed by atoms with E-state index < -0.39 is 11.9 Å². The summed E-state index contributed by atoms with van der Waals surface area (Å²) in [5.41, 5.74) is 3.65. The quantitative estimate of drug-likeness (QED) is 0.185. The molecule has 0 atom stereocenters. The molecule has 0 aliphatic carbocycles. The molecule has 1 amide bonds. The van der Waals surface area contributed by atoms with Gasteiger partial charge in [0, 0.05) is 15.6 Å². The molecule has 176 valence electrons. The van der Waals surface area contributed by atoms with Gasteiger partial charge >= 0.3 is 5.97 Å². The fourth-order valence-corrected chi connectivity index (χ4v) is 3.31. The molecule has 3 aromatic rings. The second kappa shape index (κ2) is 11.9. The van der Waals surface area contributed by atoms with E-state index in [1.165, 1.54) is 26.5 Å². The van der Waals surface area contributed by atoms with E-state index in [4.69, 9.17) is 18.9 Å². The highest BCUT2D eigenvalue weighted by Gasteiger charge is 2.15. The van der Waals surface area contributed by atoms with Crippen LogP contribution in [0.4, 0.5) is 0 Å². The van der Waals surface area contributed by atoms with Crippen LogP contribution in [0.5, 0.6) is 23.0 Å². The predicted octanol–water partition coefficient (Wildman–Crippen LogP) is 4.85. The molecule has 8 nitrogen and oxygen atoms in total. The second-order valence-corrected chi connectivity index (χ2v) is 7.71. The van der Waals surface area contributed by atoms with Gasteiger partial charge < -0.3 is 18.9 Å². The summed E-state index contributed by atoms with van der Waals surface area (Å²) in [5.74, 6) is 0.875. The van der Waals surface area contributed by atoms with Gasteiger partial charge in [0.1, 0.15) is 11.5 Å². The third kappa shape index (κ3) is 6.35. The van der Waals surface area contributed by atoms with Gasteiger partial charge in [-0.1, -0.05) is 15.9 Å². The monoisotopic (exact) mass is 526 g/mol. The molecule has 0 saturated carbocycles. The van der Waals surface area contributed by atoms with Crippen molar-refractivity contribution in [3.63, 3.8) is 0 Å².